The van der Waals surface area contributed by atoms with E-state index in [9.17, 15) is 9.59 Å². The van der Waals surface area contributed by atoms with E-state index in [0.29, 0.717) is 11.1 Å². The van der Waals surface area contributed by atoms with Crippen LogP contribution in [0.3, 0.4) is 0 Å². The molecule has 30 heavy (non-hydrogen) atoms. The largest absolute Gasteiger partial charge is 0.361 e. The predicted molar refractivity (Wildman–Crippen MR) is 124 cm³/mol. The molecular formula is C26H22BrNO2. The molecule has 3 nitrogen and oxygen atoms in total. The number of nitrogens with one attached hydrogen (secondary N) is 1. The zero-order valence-electron chi connectivity index (χ0n) is 16.9. The summed E-state index contributed by atoms with van der Waals surface area (Å²) in [5.41, 5.74) is 5.22. The molecule has 0 saturated heterocycles. The Morgan fingerprint density at radius 3 is 2.10 bits per heavy atom. The van der Waals surface area contributed by atoms with Crippen LogP contribution >= 0.6 is 15.9 Å². The van der Waals surface area contributed by atoms with Crippen molar-refractivity contribution in [3.8, 4) is 0 Å². The van der Waals surface area contributed by atoms with Gasteiger partial charge in [-0.1, -0.05) is 75.6 Å². The van der Waals surface area contributed by atoms with Crippen molar-refractivity contribution in [3.63, 3.8) is 0 Å². The zero-order chi connectivity index (χ0) is 21.3. The van der Waals surface area contributed by atoms with Gasteiger partial charge in [-0.25, -0.2) is 0 Å². The van der Waals surface area contributed by atoms with E-state index in [4.69, 9.17) is 0 Å². The number of ketones is 2. The molecule has 4 aromatic rings. The smallest absolute Gasteiger partial charge is 0.170 e. The third-order valence-corrected chi connectivity index (χ3v) is 5.96. The van der Waals surface area contributed by atoms with Gasteiger partial charge in [0.15, 0.2) is 11.6 Å². The summed E-state index contributed by atoms with van der Waals surface area (Å²) in [5, 5.41) is 0.951. The molecule has 1 N–H and O–H groups in total. The number of rotatable bonds is 6. The number of carbonyl (C=O) groups is 2. The maximum absolute atomic E-state index is 13.5. The van der Waals surface area contributed by atoms with Gasteiger partial charge in [0.2, 0.25) is 0 Å². The van der Waals surface area contributed by atoms with Crippen LogP contribution in [0.5, 0.6) is 0 Å². The topological polar surface area (TPSA) is 49.9 Å². The maximum atomic E-state index is 13.5. The van der Waals surface area contributed by atoms with Crippen molar-refractivity contribution >= 4 is 38.4 Å². The van der Waals surface area contributed by atoms with Crippen LogP contribution in [0.1, 0.15) is 49.7 Å². The molecule has 0 fully saturated rings. The van der Waals surface area contributed by atoms with E-state index in [-0.39, 0.29) is 18.0 Å². The molecule has 0 spiro atoms. The number of halogens is 1. The van der Waals surface area contributed by atoms with Gasteiger partial charge in [0.05, 0.1) is 5.92 Å². The van der Waals surface area contributed by atoms with Crippen LogP contribution in [0.2, 0.25) is 0 Å². The number of H-pyrrole nitrogens is 1. The summed E-state index contributed by atoms with van der Waals surface area (Å²) in [6.07, 6.45) is 1.98. The quantitative estimate of drug-likeness (QED) is 0.322. The third-order valence-electron chi connectivity index (χ3n) is 5.47. The fraction of sp³-hybridized carbons (Fsp3) is 0.154. The molecule has 4 rings (SSSR count). The first-order valence-corrected chi connectivity index (χ1v) is 10.7. The molecule has 4 heteroatoms. The van der Waals surface area contributed by atoms with E-state index in [1.807, 2.05) is 86.8 Å². The van der Waals surface area contributed by atoms with Gasteiger partial charge in [0.25, 0.3) is 0 Å². The van der Waals surface area contributed by atoms with Gasteiger partial charge >= 0.3 is 0 Å². The van der Waals surface area contributed by atoms with Crippen LogP contribution in [-0.4, -0.2) is 16.6 Å². The minimum Gasteiger partial charge on any atom is -0.361 e. The lowest BCUT2D eigenvalue weighted by Crippen LogP contribution is -2.17. The molecule has 1 heterocycles. The van der Waals surface area contributed by atoms with Crippen molar-refractivity contribution in [2.45, 2.75) is 26.2 Å². The Balaban J connectivity index is 1.76. The Hall–Kier alpha value is -2.98. The normalized spacial score (nSPS) is 12.1. The fourth-order valence-electron chi connectivity index (χ4n) is 3.71. The maximum Gasteiger partial charge on any atom is 0.170 e. The molecule has 1 aromatic heterocycles. The van der Waals surface area contributed by atoms with E-state index < -0.39 is 5.92 Å². The molecular weight excluding hydrogens is 438 g/mol. The zero-order valence-corrected chi connectivity index (χ0v) is 18.5. The Labute approximate surface area is 184 Å². The van der Waals surface area contributed by atoms with Gasteiger partial charge in [0, 0.05) is 39.1 Å². The molecule has 3 aromatic carbocycles. The number of benzene rings is 3. The molecule has 0 aliphatic heterocycles. The molecule has 0 amide bonds. The van der Waals surface area contributed by atoms with E-state index in [0.717, 1.165) is 32.1 Å². The highest BCUT2D eigenvalue weighted by Gasteiger charge is 2.28. The number of fused-ring (bicyclic) bond motifs is 1. The Kier molecular flexibility index (Phi) is 5.69. The van der Waals surface area contributed by atoms with Crippen LogP contribution in [0.4, 0.5) is 0 Å². The van der Waals surface area contributed by atoms with Gasteiger partial charge in [-0.05, 0) is 37.6 Å². The summed E-state index contributed by atoms with van der Waals surface area (Å²) >= 11 is 3.52. The van der Waals surface area contributed by atoms with Crippen molar-refractivity contribution in [3.05, 3.63) is 105 Å². The van der Waals surface area contributed by atoms with Crippen LogP contribution < -0.4 is 0 Å². The summed E-state index contributed by atoms with van der Waals surface area (Å²) in [5.74, 6) is -0.647. The van der Waals surface area contributed by atoms with Crippen LogP contribution in [0.25, 0.3) is 10.9 Å². The lowest BCUT2D eigenvalue weighted by atomic mass is 9.85. The number of aromatic amines is 1. The predicted octanol–water partition coefficient (Wildman–Crippen LogP) is 6.79. The van der Waals surface area contributed by atoms with Crippen molar-refractivity contribution < 1.29 is 9.59 Å². The SMILES string of the molecule is Cc1ccc(C(=O)C[C@H](C(=O)c2ccc(C)cc2)c2c[nH]c3ccc(Br)cc23)cc1. The standard InChI is InChI=1S/C26H22BrNO2/c1-16-3-7-18(8-4-16)25(29)14-22(26(30)19-9-5-17(2)6-10-19)23-15-28-24-12-11-20(27)13-21(23)24/h3-13,15,22,28H,14H2,1-2H3/t22-/m0/s1. The second-order valence-electron chi connectivity index (χ2n) is 7.71. The highest BCUT2D eigenvalue weighted by atomic mass is 79.9. The summed E-state index contributed by atoms with van der Waals surface area (Å²) in [6.45, 7) is 3.98. The lowest BCUT2D eigenvalue weighted by molar-refractivity contribution is 0.0894. The molecule has 0 aliphatic carbocycles. The number of aromatic nitrogens is 1. The first kappa shape index (κ1) is 20.3. The molecule has 0 unspecified atom stereocenters. The van der Waals surface area contributed by atoms with Crippen molar-refractivity contribution in [2.75, 3.05) is 0 Å². The van der Waals surface area contributed by atoms with Gasteiger partial charge in [-0.3, -0.25) is 9.59 Å². The van der Waals surface area contributed by atoms with Crippen molar-refractivity contribution in [1.29, 1.82) is 0 Å². The van der Waals surface area contributed by atoms with E-state index >= 15 is 0 Å². The third kappa shape index (κ3) is 4.14. The molecule has 1 atom stereocenters. The number of carbonyl (C=O) groups excluding carboxylic acids is 2. The first-order valence-electron chi connectivity index (χ1n) is 9.89. The van der Waals surface area contributed by atoms with Gasteiger partial charge < -0.3 is 4.98 Å². The second kappa shape index (κ2) is 8.41. The van der Waals surface area contributed by atoms with E-state index in [1.54, 1.807) is 0 Å². The fourth-order valence-corrected chi connectivity index (χ4v) is 4.07. The summed E-state index contributed by atoms with van der Waals surface area (Å²) in [7, 11) is 0. The van der Waals surface area contributed by atoms with Crippen LogP contribution in [0, 0.1) is 13.8 Å². The van der Waals surface area contributed by atoms with Gasteiger partial charge in [-0.2, -0.15) is 0 Å². The Bertz CT molecular complexity index is 1220. The average molecular weight is 460 g/mol. The summed E-state index contributed by atoms with van der Waals surface area (Å²) < 4.78 is 0.933. The highest BCUT2D eigenvalue weighted by molar-refractivity contribution is 9.10. The minimum absolute atomic E-state index is 0.0372. The van der Waals surface area contributed by atoms with E-state index in [1.165, 1.54) is 0 Å². The first-order chi connectivity index (χ1) is 14.4. The van der Waals surface area contributed by atoms with E-state index in [2.05, 4.69) is 20.9 Å². The monoisotopic (exact) mass is 459 g/mol. The molecule has 150 valence electrons. The Morgan fingerprint density at radius 2 is 1.47 bits per heavy atom. The molecule has 0 saturated carbocycles. The molecule has 0 radical (unpaired) electrons. The number of Topliss-reactive ketones (excluding diaryl/α,β-unsaturated/α-hetero) is 2. The van der Waals surface area contributed by atoms with Crippen LogP contribution in [-0.2, 0) is 0 Å². The number of hydrogen-bond acceptors (Lipinski definition) is 2. The average Bonchev–Trinajstić information content (AvgIpc) is 3.15. The number of hydrogen-bond donors (Lipinski definition) is 1. The summed E-state index contributed by atoms with van der Waals surface area (Å²) in [6, 6.07) is 21.0. The molecule has 0 bridgehead atoms. The van der Waals surface area contributed by atoms with Gasteiger partial charge in [-0.15, -0.1) is 0 Å². The van der Waals surface area contributed by atoms with Crippen molar-refractivity contribution in [1.82, 2.24) is 4.98 Å². The highest BCUT2D eigenvalue weighted by Crippen LogP contribution is 2.33. The van der Waals surface area contributed by atoms with Gasteiger partial charge in [0.1, 0.15) is 0 Å². The molecule has 0 aliphatic rings. The van der Waals surface area contributed by atoms with Crippen molar-refractivity contribution in [2.24, 2.45) is 0 Å². The summed E-state index contributed by atoms with van der Waals surface area (Å²) in [4.78, 5) is 29.9. The minimum atomic E-state index is -0.565. The van der Waals surface area contributed by atoms with Crippen LogP contribution in [0.15, 0.2) is 77.4 Å². The number of aryl methyl sites for hydroxylation is 2. The lowest BCUT2D eigenvalue weighted by Gasteiger charge is -2.16. The Morgan fingerprint density at radius 1 is 0.867 bits per heavy atom. The second-order valence-corrected chi connectivity index (χ2v) is 8.63.